The highest BCUT2D eigenvalue weighted by molar-refractivity contribution is 9.11. The Balaban J connectivity index is 2.07. The molecule has 0 aromatic carbocycles. The lowest BCUT2D eigenvalue weighted by Crippen LogP contribution is -2.23. The van der Waals surface area contributed by atoms with E-state index in [0.717, 1.165) is 8.66 Å². The first-order valence-corrected chi connectivity index (χ1v) is 8.38. The van der Waals surface area contributed by atoms with Crippen molar-refractivity contribution in [1.82, 2.24) is 14.7 Å². The molecule has 0 radical (unpaired) electrons. The highest BCUT2D eigenvalue weighted by atomic mass is 79.9. The molecule has 0 bridgehead atoms. The zero-order valence-corrected chi connectivity index (χ0v) is 12.8. The van der Waals surface area contributed by atoms with Crippen LogP contribution in [0.5, 0.6) is 0 Å². The number of hydrogen-bond acceptors (Lipinski definition) is 4. The Bertz CT molecular complexity index is 633. The second kappa shape index (κ2) is 5.52. The van der Waals surface area contributed by atoms with Crippen molar-refractivity contribution >= 4 is 37.3 Å². The second-order valence-electron chi connectivity index (χ2n) is 3.58. The first kappa shape index (κ1) is 13.7. The van der Waals surface area contributed by atoms with Crippen molar-refractivity contribution in [3.63, 3.8) is 0 Å². The summed E-state index contributed by atoms with van der Waals surface area (Å²) in [7, 11) is -3.52. The molecule has 2 rings (SSSR count). The molecule has 0 aliphatic heterocycles. The van der Waals surface area contributed by atoms with Crippen molar-refractivity contribution in [3.8, 4) is 0 Å². The van der Waals surface area contributed by atoms with Gasteiger partial charge in [0.1, 0.15) is 5.82 Å². The summed E-state index contributed by atoms with van der Waals surface area (Å²) in [5, 5.41) is 0.106. The van der Waals surface area contributed by atoms with Gasteiger partial charge in [0.05, 0.1) is 9.98 Å². The molecule has 0 saturated heterocycles. The average molecular weight is 350 g/mol. The number of hydrogen-bond donors (Lipinski definition) is 2. The monoisotopic (exact) mass is 349 g/mol. The molecule has 8 heteroatoms. The van der Waals surface area contributed by atoms with Crippen LogP contribution in [0.1, 0.15) is 17.6 Å². The molecule has 2 aromatic heterocycles. The van der Waals surface area contributed by atoms with Crippen molar-refractivity contribution in [3.05, 3.63) is 32.8 Å². The van der Waals surface area contributed by atoms with Crippen LogP contribution in [0.4, 0.5) is 0 Å². The van der Waals surface area contributed by atoms with Crippen LogP contribution >= 0.6 is 27.3 Å². The molecule has 0 amide bonds. The van der Waals surface area contributed by atoms with E-state index in [4.69, 9.17) is 0 Å². The van der Waals surface area contributed by atoms with Crippen molar-refractivity contribution in [2.75, 3.05) is 0 Å². The summed E-state index contributed by atoms with van der Waals surface area (Å²) in [5.41, 5.74) is 0. The minimum absolute atomic E-state index is 0.106. The maximum Gasteiger partial charge on any atom is 0.257 e. The molecule has 18 heavy (non-hydrogen) atoms. The van der Waals surface area contributed by atoms with Gasteiger partial charge in [-0.25, -0.2) is 18.1 Å². The van der Waals surface area contributed by atoms with Crippen LogP contribution in [0.2, 0.25) is 0 Å². The quantitative estimate of drug-likeness (QED) is 0.869. The molecule has 2 aromatic rings. The standard InChI is InChI=1S/C10H12BrN3O2S2/c1-2-9-12-6-10(14-9)18(15,16)13-5-7-3-4-8(11)17-7/h3-4,6,13H,2,5H2,1H3,(H,12,14). The van der Waals surface area contributed by atoms with Crippen LogP contribution in [0.25, 0.3) is 0 Å². The Morgan fingerprint density at radius 3 is 2.83 bits per heavy atom. The van der Waals surface area contributed by atoms with Crippen molar-refractivity contribution in [2.45, 2.75) is 24.9 Å². The fourth-order valence-electron chi connectivity index (χ4n) is 1.35. The summed E-state index contributed by atoms with van der Waals surface area (Å²) in [6.07, 6.45) is 2.01. The molecule has 2 N–H and O–H groups in total. The molecular weight excluding hydrogens is 338 g/mol. The number of nitrogens with zero attached hydrogens (tertiary/aromatic N) is 1. The number of sulfonamides is 1. The molecule has 2 heterocycles. The van der Waals surface area contributed by atoms with Gasteiger partial charge in [0, 0.05) is 17.8 Å². The Morgan fingerprint density at radius 2 is 2.28 bits per heavy atom. The van der Waals surface area contributed by atoms with E-state index in [-0.39, 0.29) is 11.6 Å². The molecule has 0 spiro atoms. The lowest BCUT2D eigenvalue weighted by atomic mass is 10.5. The maximum atomic E-state index is 12.0. The Hall–Kier alpha value is -0.700. The van der Waals surface area contributed by atoms with E-state index >= 15 is 0 Å². The van der Waals surface area contributed by atoms with Crippen molar-refractivity contribution in [2.24, 2.45) is 0 Å². The van der Waals surface area contributed by atoms with E-state index in [0.29, 0.717) is 12.2 Å². The van der Waals surface area contributed by atoms with Gasteiger partial charge in [-0.3, -0.25) is 0 Å². The fourth-order valence-corrected chi connectivity index (χ4v) is 3.81. The minimum Gasteiger partial charge on any atom is -0.332 e. The van der Waals surface area contributed by atoms with Gasteiger partial charge in [-0.05, 0) is 28.1 Å². The van der Waals surface area contributed by atoms with Gasteiger partial charge in [-0.1, -0.05) is 6.92 Å². The molecule has 0 unspecified atom stereocenters. The number of nitrogens with one attached hydrogen (secondary N) is 2. The van der Waals surface area contributed by atoms with Gasteiger partial charge >= 0.3 is 0 Å². The molecular formula is C10H12BrN3O2S2. The van der Waals surface area contributed by atoms with E-state index in [1.54, 1.807) is 0 Å². The first-order chi connectivity index (χ1) is 8.51. The van der Waals surface area contributed by atoms with Crippen LogP contribution < -0.4 is 4.72 Å². The van der Waals surface area contributed by atoms with Gasteiger partial charge in [0.2, 0.25) is 0 Å². The topological polar surface area (TPSA) is 74.8 Å². The molecule has 0 fully saturated rings. The third kappa shape index (κ3) is 3.19. The van der Waals surface area contributed by atoms with Crippen LogP contribution in [-0.2, 0) is 23.0 Å². The Kier molecular flexibility index (Phi) is 4.21. The number of aromatic amines is 1. The third-order valence-corrected chi connectivity index (χ3v) is 5.23. The number of H-pyrrole nitrogens is 1. The summed E-state index contributed by atoms with van der Waals surface area (Å²) in [6, 6.07) is 3.77. The normalized spacial score (nSPS) is 11.9. The highest BCUT2D eigenvalue weighted by Crippen LogP contribution is 2.22. The summed E-state index contributed by atoms with van der Waals surface area (Å²) in [6.45, 7) is 2.19. The van der Waals surface area contributed by atoms with Crippen LogP contribution in [0.15, 0.2) is 27.1 Å². The van der Waals surface area contributed by atoms with E-state index in [9.17, 15) is 8.42 Å². The van der Waals surface area contributed by atoms with E-state index in [1.165, 1.54) is 17.5 Å². The van der Waals surface area contributed by atoms with Crippen molar-refractivity contribution < 1.29 is 8.42 Å². The van der Waals surface area contributed by atoms with Crippen LogP contribution in [0.3, 0.4) is 0 Å². The van der Waals surface area contributed by atoms with Gasteiger partial charge in [0.25, 0.3) is 10.0 Å². The summed E-state index contributed by atoms with van der Waals surface area (Å²) < 4.78 is 27.4. The van der Waals surface area contributed by atoms with Gasteiger partial charge in [-0.15, -0.1) is 11.3 Å². The molecule has 0 aliphatic rings. The third-order valence-electron chi connectivity index (χ3n) is 2.29. The maximum absolute atomic E-state index is 12.0. The number of aromatic nitrogens is 2. The molecule has 0 saturated carbocycles. The van der Waals surface area contributed by atoms with E-state index in [1.807, 2.05) is 19.1 Å². The van der Waals surface area contributed by atoms with E-state index in [2.05, 4.69) is 30.6 Å². The number of imidazole rings is 1. The van der Waals surface area contributed by atoms with Gasteiger partial charge in [0.15, 0.2) is 5.03 Å². The molecule has 5 nitrogen and oxygen atoms in total. The van der Waals surface area contributed by atoms with Crippen molar-refractivity contribution in [1.29, 1.82) is 0 Å². The number of rotatable bonds is 5. The zero-order chi connectivity index (χ0) is 13.2. The lowest BCUT2D eigenvalue weighted by molar-refractivity contribution is 0.578. The number of thiophene rings is 1. The number of aryl methyl sites for hydroxylation is 1. The average Bonchev–Trinajstić information content (AvgIpc) is 2.95. The predicted octanol–water partition coefficient (Wildman–Crippen LogP) is 2.27. The highest BCUT2D eigenvalue weighted by Gasteiger charge is 2.16. The minimum atomic E-state index is -3.52. The first-order valence-electron chi connectivity index (χ1n) is 5.29. The van der Waals surface area contributed by atoms with Gasteiger partial charge < -0.3 is 4.98 Å². The molecule has 98 valence electrons. The zero-order valence-electron chi connectivity index (χ0n) is 9.60. The SMILES string of the molecule is CCc1ncc(S(=O)(=O)NCc2ccc(Br)s2)[nH]1. The second-order valence-corrected chi connectivity index (χ2v) is 7.86. The van der Waals surface area contributed by atoms with Crippen LogP contribution in [0, 0.1) is 0 Å². The largest absolute Gasteiger partial charge is 0.332 e. The summed E-state index contributed by atoms with van der Waals surface area (Å²) in [5.74, 6) is 0.661. The summed E-state index contributed by atoms with van der Waals surface area (Å²) >= 11 is 4.83. The Morgan fingerprint density at radius 1 is 1.50 bits per heavy atom. The Labute approximate surface area is 118 Å². The smallest absolute Gasteiger partial charge is 0.257 e. The summed E-state index contributed by atoms with van der Waals surface area (Å²) in [4.78, 5) is 7.70. The van der Waals surface area contributed by atoms with Gasteiger partial charge in [-0.2, -0.15) is 0 Å². The lowest BCUT2D eigenvalue weighted by Gasteiger charge is -2.02. The van der Waals surface area contributed by atoms with E-state index < -0.39 is 10.0 Å². The predicted molar refractivity (Wildman–Crippen MR) is 74.0 cm³/mol. The molecule has 0 atom stereocenters. The molecule has 0 aliphatic carbocycles. The van der Waals surface area contributed by atoms with Crippen LogP contribution in [-0.4, -0.2) is 18.4 Å². The fraction of sp³-hybridized carbons (Fsp3) is 0.300. The number of halogens is 1.